The standard InChI is InChI=1S/C11H23NSi/c1-10(2)12-9-13(8-11(12)3)6-4-5-7-13/h10-11H,4-9H2,1-3H3. The Bertz CT molecular complexity index is 185. The Morgan fingerprint density at radius 3 is 2.31 bits per heavy atom. The van der Waals surface area contributed by atoms with Crippen LogP contribution in [0.5, 0.6) is 0 Å². The first-order valence-corrected chi connectivity index (χ1v) is 8.72. The number of nitrogens with zero attached hydrogens (tertiary/aromatic N) is 1. The van der Waals surface area contributed by atoms with E-state index in [0.29, 0.717) is 0 Å². The molecule has 2 fully saturated rings. The zero-order chi connectivity index (χ0) is 9.47. The molecule has 0 saturated carbocycles. The van der Waals surface area contributed by atoms with Gasteiger partial charge in [-0.2, -0.15) is 0 Å². The molecular weight excluding hydrogens is 174 g/mol. The van der Waals surface area contributed by atoms with Gasteiger partial charge >= 0.3 is 0 Å². The number of hydrogen-bond acceptors (Lipinski definition) is 1. The van der Waals surface area contributed by atoms with Gasteiger partial charge in [0.05, 0.1) is 8.07 Å². The van der Waals surface area contributed by atoms with E-state index in [1.165, 1.54) is 6.17 Å². The second kappa shape index (κ2) is 3.39. The molecule has 2 aliphatic heterocycles. The predicted molar refractivity (Wildman–Crippen MR) is 60.7 cm³/mol. The molecule has 2 aliphatic rings. The highest BCUT2D eigenvalue weighted by Gasteiger charge is 2.45. The van der Waals surface area contributed by atoms with Crippen molar-refractivity contribution in [2.24, 2.45) is 0 Å². The van der Waals surface area contributed by atoms with Crippen molar-refractivity contribution in [3.05, 3.63) is 0 Å². The molecule has 13 heavy (non-hydrogen) atoms. The lowest BCUT2D eigenvalue weighted by Crippen LogP contribution is -2.38. The molecule has 0 radical (unpaired) electrons. The van der Waals surface area contributed by atoms with E-state index in [0.717, 1.165) is 12.1 Å². The quantitative estimate of drug-likeness (QED) is 0.584. The van der Waals surface area contributed by atoms with Crippen LogP contribution >= 0.6 is 0 Å². The summed E-state index contributed by atoms with van der Waals surface area (Å²) in [5.41, 5.74) is 0. The van der Waals surface area contributed by atoms with Crippen LogP contribution in [-0.2, 0) is 0 Å². The highest BCUT2D eigenvalue weighted by Crippen LogP contribution is 2.40. The lowest BCUT2D eigenvalue weighted by Gasteiger charge is -2.26. The fraction of sp³-hybridized carbons (Fsp3) is 1.00. The van der Waals surface area contributed by atoms with E-state index in [1.807, 2.05) is 0 Å². The molecule has 0 amide bonds. The fourth-order valence-electron chi connectivity index (χ4n) is 3.53. The minimum atomic E-state index is -0.732. The molecule has 0 aromatic heterocycles. The second-order valence-electron chi connectivity index (χ2n) is 5.53. The summed E-state index contributed by atoms with van der Waals surface area (Å²) in [4.78, 5) is 2.76. The van der Waals surface area contributed by atoms with Crippen LogP contribution < -0.4 is 0 Å². The minimum Gasteiger partial charge on any atom is -0.301 e. The summed E-state index contributed by atoms with van der Waals surface area (Å²) in [6.07, 6.45) is 4.61. The largest absolute Gasteiger partial charge is 0.301 e. The smallest absolute Gasteiger partial charge is 0.0706 e. The maximum Gasteiger partial charge on any atom is 0.0706 e. The Balaban J connectivity index is 2.05. The summed E-state index contributed by atoms with van der Waals surface area (Å²) in [6, 6.07) is 6.55. The SMILES string of the molecule is CC(C)N1C[Si]2(CCCC2)CC1C. The van der Waals surface area contributed by atoms with Gasteiger partial charge in [0, 0.05) is 12.1 Å². The van der Waals surface area contributed by atoms with Gasteiger partial charge < -0.3 is 4.90 Å². The minimum absolute atomic E-state index is 0.732. The Hall–Kier alpha value is 0.177. The molecule has 2 heteroatoms. The fourth-order valence-corrected chi connectivity index (χ4v) is 9.57. The van der Waals surface area contributed by atoms with Crippen molar-refractivity contribution in [3.8, 4) is 0 Å². The van der Waals surface area contributed by atoms with Crippen molar-refractivity contribution in [3.63, 3.8) is 0 Å². The summed E-state index contributed by atoms with van der Waals surface area (Å²) in [6.45, 7) is 7.16. The van der Waals surface area contributed by atoms with Gasteiger partial charge in [-0.15, -0.1) is 0 Å². The molecule has 1 spiro atoms. The summed E-state index contributed by atoms with van der Waals surface area (Å²) in [5.74, 6) is 0. The molecule has 0 bridgehead atoms. The molecule has 2 saturated heterocycles. The first-order chi connectivity index (χ1) is 6.13. The third kappa shape index (κ3) is 1.71. The van der Waals surface area contributed by atoms with Gasteiger partial charge in [0.1, 0.15) is 0 Å². The third-order valence-corrected chi connectivity index (χ3v) is 9.46. The first kappa shape index (κ1) is 9.72. The van der Waals surface area contributed by atoms with E-state index in [9.17, 15) is 0 Å². The second-order valence-corrected chi connectivity index (χ2v) is 10.3. The van der Waals surface area contributed by atoms with E-state index in [2.05, 4.69) is 25.7 Å². The molecule has 76 valence electrons. The van der Waals surface area contributed by atoms with E-state index in [4.69, 9.17) is 0 Å². The van der Waals surface area contributed by atoms with Crippen LogP contribution in [0.3, 0.4) is 0 Å². The molecule has 1 unspecified atom stereocenters. The van der Waals surface area contributed by atoms with E-state index in [-0.39, 0.29) is 0 Å². The van der Waals surface area contributed by atoms with Crippen molar-refractivity contribution in [1.29, 1.82) is 0 Å². The van der Waals surface area contributed by atoms with Gasteiger partial charge in [-0.3, -0.25) is 0 Å². The normalized spacial score (nSPS) is 33.7. The molecule has 0 aromatic carbocycles. The van der Waals surface area contributed by atoms with Crippen molar-refractivity contribution in [2.45, 2.75) is 63.8 Å². The Kier molecular flexibility index (Phi) is 2.54. The highest BCUT2D eigenvalue weighted by atomic mass is 28.3. The topological polar surface area (TPSA) is 3.24 Å². The molecule has 0 aliphatic carbocycles. The van der Waals surface area contributed by atoms with Crippen LogP contribution in [0.4, 0.5) is 0 Å². The van der Waals surface area contributed by atoms with Crippen LogP contribution in [0.1, 0.15) is 33.6 Å². The lowest BCUT2D eigenvalue weighted by atomic mass is 10.2. The van der Waals surface area contributed by atoms with Crippen LogP contribution in [-0.4, -0.2) is 31.2 Å². The molecule has 1 nitrogen and oxygen atoms in total. The maximum atomic E-state index is 2.76. The maximum absolute atomic E-state index is 2.76. The van der Waals surface area contributed by atoms with Crippen LogP contribution in [0.2, 0.25) is 18.1 Å². The molecule has 1 atom stereocenters. The average Bonchev–Trinajstić information content (AvgIpc) is 2.60. The summed E-state index contributed by atoms with van der Waals surface area (Å²) < 4.78 is 0. The zero-order valence-corrected chi connectivity index (χ0v) is 10.3. The molecule has 0 N–H and O–H groups in total. The summed E-state index contributed by atoms with van der Waals surface area (Å²) >= 11 is 0. The summed E-state index contributed by atoms with van der Waals surface area (Å²) in [7, 11) is -0.732. The van der Waals surface area contributed by atoms with E-state index in [1.54, 1.807) is 31.0 Å². The predicted octanol–water partition coefficient (Wildman–Crippen LogP) is 2.88. The van der Waals surface area contributed by atoms with Crippen molar-refractivity contribution >= 4 is 8.07 Å². The van der Waals surface area contributed by atoms with Gasteiger partial charge in [-0.25, -0.2) is 0 Å². The average molecular weight is 197 g/mol. The van der Waals surface area contributed by atoms with Crippen LogP contribution in [0.25, 0.3) is 0 Å². The first-order valence-electron chi connectivity index (χ1n) is 5.89. The van der Waals surface area contributed by atoms with Crippen LogP contribution in [0, 0.1) is 0 Å². The van der Waals surface area contributed by atoms with E-state index < -0.39 is 8.07 Å². The van der Waals surface area contributed by atoms with Gasteiger partial charge in [-0.05, 0) is 33.0 Å². The van der Waals surface area contributed by atoms with Crippen molar-refractivity contribution in [1.82, 2.24) is 4.90 Å². The molecular formula is C11H23NSi. The summed E-state index contributed by atoms with van der Waals surface area (Å²) in [5, 5.41) is 0. The van der Waals surface area contributed by atoms with Crippen LogP contribution in [0.15, 0.2) is 0 Å². The van der Waals surface area contributed by atoms with Gasteiger partial charge in [0.25, 0.3) is 0 Å². The van der Waals surface area contributed by atoms with E-state index >= 15 is 0 Å². The third-order valence-electron chi connectivity index (χ3n) is 4.14. The molecule has 2 heterocycles. The van der Waals surface area contributed by atoms with Crippen molar-refractivity contribution in [2.75, 3.05) is 6.17 Å². The highest BCUT2D eigenvalue weighted by molar-refractivity contribution is 6.81. The molecule has 0 aromatic rings. The lowest BCUT2D eigenvalue weighted by molar-refractivity contribution is 0.224. The number of hydrogen-bond donors (Lipinski definition) is 0. The Morgan fingerprint density at radius 1 is 1.23 bits per heavy atom. The Morgan fingerprint density at radius 2 is 1.85 bits per heavy atom. The van der Waals surface area contributed by atoms with Gasteiger partial charge in [0.15, 0.2) is 0 Å². The van der Waals surface area contributed by atoms with Gasteiger partial charge in [-0.1, -0.05) is 24.9 Å². The number of rotatable bonds is 1. The molecule has 2 rings (SSSR count). The zero-order valence-electron chi connectivity index (χ0n) is 9.34. The monoisotopic (exact) mass is 197 g/mol. The van der Waals surface area contributed by atoms with Gasteiger partial charge in [0.2, 0.25) is 0 Å². The Labute approximate surface area is 83.5 Å². The van der Waals surface area contributed by atoms with Crippen molar-refractivity contribution < 1.29 is 0 Å².